The second-order valence-electron chi connectivity index (χ2n) is 12.8. The summed E-state index contributed by atoms with van der Waals surface area (Å²) in [6, 6.07) is 41.6. The van der Waals surface area contributed by atoms with Crippen LogP contribution in [0.5, 0.6) is 0 Å². The van der Waals surface area contributed by atoms with Gasteiger partial charge in [-0.05, 0) is 65.6 Å². The molecule has 8 nitrogen and oxygen atoms in total. The number of rotatable bonds is 13. The number of nitrogens with zero attached hydrogens (tertiary/aromatic N) is 1. The van der Waals surface area contributed by atoms with Gasteiger partial charge in [-0.25, -0.2) is 13.1 Å². The standard InChI is InChI=1S/C41H44N2O6S/c1-29(40(45)34-11-5-3-6-12-34)43(2)27-37-25-39(33-18-16-30(28-44)17-19-33)49-41(48-37)35-22-20-32(21-23-35)36-13-9-10-31(24-36)26-42-50(46,47)38-14-7-4-8-15-38/h3-24,29,37,39-42,44-45H,25-28H2,1-2H3/t29-,37+,39-,40-,41-/m1/s1. The van der Waals surface area contributed by atoms with E-state index >= 15 is 0 Å². The maximum atomic E-state index is 12.7. The van der Waals surface area contributed by atoms with Crippen LogP contribution in [0, 0.1) is 0 Å². The van der Waals surface area contributed by atoms with Crippen molar-refractivity contribution in [3.05, 3.63) is 161 Å². The van der Waals surface area contributed by atoms with E-state index < -0.39 is 22.4 Å². The number of likely N-dealkylation sites (N-methyl/N-ethyl adjacent to an activating group) is 1. The zero-order valence-corrected chi connectivity index (χ0v) is 29.1. The molecule has 50 heavy (non-hydrogen) atoms. The normalized spacial score (nSPS) is 19.3. The van der Waals surface area contributed by atoms with Gasteiger partial charge in [0.2, 0.25) is 10.0 Å². The van der Waals surface area contributed by atoms with Gasteiger partial charge in [-0.2, -0.15) is 0 Å². The van der Waals surface area contributed by atoms with Crippen LogP contribution in [0.15, 0.2) is 138 Å². The molecule has 3 N–H and O–H groups in total. The Morgan fingerprint density at radius 1 is 0.780 bits per heavy atom. The summed E-state index contributed by atoms with van der Waals surface area (Å²) in [7, 11) is -1.62. The van der Waals surface area contributed by atoms with Crippen molar-refractivity contribution in [3.63, 3.8) is 0 Å². The van der Waals surface area contributed by atoms with Gasteiger partial charge in [0.25, 0.3) is 0 Å². The Balaban J connectivity index is 1.17. The van der Waals surface area contributed by atoms with Crippen molar-refractivity contribution in [2.24, 2.45) is 0 Å². The zero-order valence-electron chi connectivity index (χ0n) is 28.3. The zero-order chi connectivity index (χ0) is 35.1. The lowest BCUT2D eigenvalue weighted by Crippen LogP contribution is -2.43. The van der Waals surface area contributed by atoms with Crippen LogP contribution in [0.2, 0.25) is 0 Å². The van der Waals surface area contributed by atoms with Crippen molar-refractivity contribution in [2.75, 3.05) is 13.6 Å². The topological polar surface area (TPSA) is 108 Å². The van der Waals surface area contributed by atoms with Gasteiger partial charge in [0.15, 0.2) is 6.29 Å². The molecule has 0 radical (unpaired) electrons. The summed E-state index contributed by atoms with van der Waals surface area (Å²) in [5, 5.41) is 20.7. The number of nitrogens with one attached hydrogen (secondary N) is 1. The van der Waals surface area contributed by atoms with Gasteiger partial charge < -0.3 is 19.7 Å². The Labute approximate surface area is 295 Å². The third-order valence-corrected chi connectivity index (χ3v) is 10.8. The smallest absolute Gasteiger partial charge is 0.240 e. The van der Waals surface area contributed by atoms with Crippen LogP contribution in [0.3, 0.4) is 0 Å². The van der Waals surface area contributed by atoms with Gasteiger partial charge in [0.1, 0.15) is 0 Å². The molecule has 5 aromatic rings. The minimum Gasteiger partial charge on any atom is -0.392 e. The fourth-order valence-electron chi connectivity index (χ4n) is 6.25. The summed E-state index contributed by atoms with van der Waals surface area (Å²) in [5.41, 5.74) is 6.39. The molecule has 9 heteroatoms. The van der Waals surface area contributed by atoms with Crippen LogP contribution in [-0.2, 0) is 32.6 Å². The molecule has 260 valence electrons. The predicted octanol–water partition coefficient (Wildman–Crippen LogP) is 6.92. The van der Waals surface area contributed by atoms with Gasteiger partial charge in [-0.1, -0.05) is 115 Å². The Bertz CT molecular complexity index is 1920. The SMILES string of the molecule is C[C@H]([C@@H](O)c1ccccc1)N(C)C[C@@H]1C[C@H](c2ccc(CO)cc2)O[C@H](c2ccc(-c3cccc(CNS(=O)(=O)c4ccccc4)c3)cc2)O1. The highest BCUT2D eigenvalue weighted by molar-refractivity contribution is 7.89. The number of aliphatic hydroxyl groups excluding tert-OH is 2. The van der Waals surface area contributed by atoms with E-state index in [2.05, 4.69) is 9.62 Å². The molecule has 0 bridgehead atoms. The summed E-state index contributed by atoms with van der Waals surface area (Å²) < 4.78 is 41.3. The van der Waals surface area contributed by atoms with Gasteiger partial charge >= 0.3 is 0 Å². The average Bonchev–Trinajstić information content (AvgIpc) is 3.17. The molecule has 0 unspecified atom stereocenters. The number of benzene rings is 5. The summed E-state index contributed by atoms with van der Waals surface area (Å²) in [6.07, 6.45) is -1.04. The first-order chi connectivity index (χ1) is 24.2. The lowest BCUT2D eigenvalue weighted by Gasteiger charge is -2.39. The molecular weight excluding hydrogens is 649 g/mol. The minimum atomic E-state index is -3.62. The molecule has 0 spiro atoms. The second kappa shape index (κ2) is 16.2. The molecular formula is C41H44N2O6S. The lowest BCUT2D eigenvalue weighted by atomic mass is 9.98. The van der Waals surface area contributed by atoms with Gasteiger partial charge in [0.05, 0.1) is 29.8 Å². The van der Waals surface area contributed by atoms with E-state index in [4.69, 9.17) is 9.47 Å². The highest BCUT2D eigenvalue weighted by atomic mass is 32.2. The average molecular weight is 693 g/mol. The second-order valence-corrected chi connectivity index (χ2v) is 14.6. The highest BCUT2D eigenvalue weighted by Gasteiger charge is 2.34. The van der Waals surface area contributed by atoms with E-state index in [0.29, 0.717) is 13.0 Å². The van der Waals surface area contributed by atoms with E-state index in [0.717, 1.165) is 38.9 Å². The third-order valence-electron chi connectivity index (χ3n) is 9.36. The number of hydrogen-bond donors (Lipinski definition) is 3. The number of ether oxygens (including phenoxy) is 2. The monoisotopic (exact) mass is 692 g/mol. The van der Waals surface area contributed by atoms with Crippen molar-refractivity contribution in [1.82, 2.24) is 9.62 Å². The molecule has 6 rings (SSSR count). The largest absolute Gasteiger partial charge is 0.392 e. The molecule has 0 aromatic heterocycles. The minimum absolute atomic E-state index is 0.0227. The van der Waals surface area contributed by atoms with Crippen molar-refractivity contribution < 1.29 is 28.1 Å². The van der Waals surface area contributed by atoms with Crippen LogP contribution in [0.25, 0.3) is 11.1 Å². The summed E-state index contributed by atoms with van der Waals surface area (Å²) >= 11 is 0. The van der Waals surface area contributed by atoms with E-state index in [1.807, 2.05) is 117 Å². The maximum Gasteiger partial charge on any atom is 0.240 e. The number of sulfonamides is 1. The first kappa shape index (κ1) is 35.6. The highest BCUT2D eigenvalue weighted by Crippen LogP contribution is 2.39. The molecule has 0 aliphatic carbocycles. The molecule has 1 saturated heterocycles. The predicted molar refractivity (Wildman–Crippen MR) is 194 cm³/mol. The summed E-state index contributed by atoms with van der Waals surface area (Å²) in [6.45, 7) is 2.76. The van der Waals surface area contributed by atoms with E-state index in [1.165, 1.54) is 0 Å². The molecule has 1 aliphatic heterocycles. The maximum absolute atomic E-state index is 12.7. The molecule has 5 atom stereocenters. The van der Waals surface area contributed by atoms with E-state index in [9.17, 15) is 18.6 Å². The van der Waals surface area contributed by atoms with Gasteiger partial charge in [-0.3, -0.25) is 4.90 Å². The van der Waals surface area contributed by atoms with Crippen molar-refractivity contribution in [3.8, 4) is 11.1 Å². The van der Waals surface area contributed by atoms with Gasteiger partial charge in [-0.15, -0.1) is 0 Å². The Hall–Kier alpha value is -4.19. The van der Waals surface area contributed by atoms with Gasteiger partial charge in [0, 0.05) is 31.1 Å². The molecule has 1 heterocycles. The lowest BCUT2D eigenvalue weighted by molar-refractivity contribution is -0.253. The summed E-state index contributed by atoms with van der Waals surface area (Å²) in [4.78, 5) is 2.36. The first-order valence-electron chi connectivity index (χ1n) is 16.9. The number of hydrogen-bond acceptors (Lipinski definition) is 7. The Kier molecular flexibility index (Phi) is 11.6. The molecule has 0 saturated carbocycles. The number of aliphatic hydroxyl groups is 2. The third kappa shape index (κ3) is 8.75. The van der Waals surface area contributed by atoms with Crippen LogP contribution in [-0.4, -0.2) is 49.3 Å². The van der Waals surface area contributed by atoms with Crippen LogP contribution in [0.4, 0.5) is 0 Å². The molecule has 0 amide bonds. The molecule has 5 aromatic carbocycles. The van der Waals surface area contributed by atoms with Crippen molar-refractivity contribution in [2.45, 2.75) is 62.0 Å². The summed E-state index contributed by atoms with van der Waals surface area (Å²) in [5.74, 6) is 0. The Morgan fingerprint density at radius 2 is 1.44 bits per heavy atom. The molecule has 1 fully saturated rings. The van der Waals surface area contributed by atoms with Crippen molar-refractivity contribution >= 4 is 10.0 Å². The van der Waals surface area contributed by atoms with Crippen LogP contribution in [0.1, 0.15) is 59.7 Å². The quantitative estimate of drug-likeness (QED) is 0.123. The van der Waals surface area contributed by atoms with Crippen LogP contribution < -0.4 is 4.72 Å². The van der Waals surface area contributed by atoms with E-state index in [-0.39, 0.29) is 36.3 Å². The fourth-order valence-corrected chi connectivity index (χ4v) is 7.28. The van der Waals surface area contributed by atoms with Crippen LogP contribution >= 0.6 is 0 Å². The fraction of sp³-hybridized carbons (Fsp3) is 0.268. The van der Waals surface area contributed by atoms with Crippen molar-refractivity contribution in [1.29, 1.82) is 0 Å². The molecule has 1 aliphatic rings. The first-order valence-corrected chi connectivity index (χ1v) is 18.4. The Morgan fingerprint density at radius 3 is 2.12 bits per heavy atom. The van der Waals surface area contributed by atoms with E-state index in [1.54, 1.807) is 30.3 Å².